The van der Waals surface area contributed by atoms with Crippen molar-refractivity contribution in [2.24, 2.45) is 11.8 Å². The molecule has 0 radical (unpaired) electrons. The fourth-order valence-corrected chi connectivity index (χ4v) is 3.01. The maximum atomic E-state index is 12.0. The molecule has 3 atom stereocenters. The van der Waals surface area contributed by atoms with Crippen LogP contribution < -0.4 is 0 Å². The Labute approximate surface area is 107 Å². The van der Waals surface area contributed by atoms with Crippen LogP contribution in [0.5, 0.6) is 0 Å². The van der Waals surface area contributed by atoms with Gasteiger partial charge in [-0.05, 0) is 46.0 Å². The van der Waals surface area contributed by atoms with Crippen molar-refractivity contribution in [1.82, 2.24) is 4.90 Å². The minimum absolute atomic E-state index is 0.0564. The van der Waals surface area contributed by atoms with Gasteiger partial charge >= 0.3 is 12.1 Å². The lowest BCUT2D eigenvalue weighted by molar-refractivity contribution is -0.141. The van der Waals surface area contributed by atoms with E-state index in [1.165, 1.54) is 0 Å². The van der Waals surface area contributed by atoms with Crippen molar-refractivity contribution in [3.05, 3.63) is 0 Å². The van der Waals surface area contributed by atoms with Crippen LogP contribution in [0.2, 0.25) is 0 Å². The second-order valence-electron chi connectivity index (χ2n) is 6.30. The van der Waals surface area contributed by atoms with Crippen molar-refractivity contribution in [2.75, 3.05) is 6.54 Å². The van der Waals surface area contributed by atoms with Crippen LogP contribution in [0, 0.1) is 11.8 Å². The number of ether oxygens (including phenoxy) is 1. The molecule has 1 saturated heterocycles. The van der Waals surface area contributed by atoms with E-state index in [1.807, 2.05) is 20.8 Å². The van der Waals surface area contributed by atoms with Crippen LogP contribution in [0.4, 0.5) is 4.79 Å². The summed E-state index contributed by atoms with van der Waals surface area (Å²) < 4.78 is 5.37. The molecule has 1 aliphatic carbocycles. The lowest BCUT2D eigenvalue weighted by Gasteiger charge is -2.28. The number of rotatable bonds is 1. The van der Waals surface area contributed by atoms with Crippen molar-refractivity contribution >= 4 is 12.1 Å². The van der Waals surface area contributed by atoms with Crippen LogP contribution in [0.1, 0.15) is 40.0 Å². The Morgan fingerprint density at radius 1 is 1.28 bits per heavy atom. The third kappa shape index (κ3) is 2.60. The molecule has 102 valence electrons. The predicted octanol–water partition coefficient (Wildman–Crippen LogP) is 2.11. The van der Waals surface area contributed by atoms with E-state index in [9.17, 15) is 9.59 Å². The number of nitrogens with zero attached hydrogens (tertiary/aromatic N) is 1. The smallest absolute Gasteiger partial charge is 0.410 e. The van der Waals surface area contributed by atoms with Gasteiger partial charge in [0.2, 0.25) is 0 Å². The monoisotopic (exact) mass is 255 g/mol. The Bertz CT molecular complexity index is 360. The summed E-state index contributed by atoms with van der Waals surface area (Å²) in [5.74, 6) is -0.711. The normalized spacial score (nSPS) is 31.3. The second-order valence-corrected chi connectivity index (χ2v) is 6.30. The summed E-state index contributed by atoms with van der Waals surface area (Å²) >= 11 is 0. The van der Waals surface area contributed by atoms with Crippen LogP contribution >= 0.6 is 0 Å². The minimum Gasteiger partial charge on any atom is -0.481 e. The van der Waals surface area contributed by atoms with Gasteiger partial charge in [0.15, 0.2) is 0 Å². The summed E-state index contributed by atoms with van der Waals surface area (Å²) in [5.41, 5.74) is -0.500. The molecular formula is C13H21NO4. The third-order valence-corrected chi connectivity index (χ3v) is 3.78. The molecule has 1 aliphatic heterocycles. The van der Waals surface area contributed by atoms with Gasteiger partial charge in [-0.25, -0.2) is 4.79 Å². The third-order valence-electron chi connectivity index (χ3n) is 3.78. The van der Waals surface area contributed by atoms with E-state index in [4.69, 9.17) is 9.84 Å². The molecule has 1 amide bonds. The summed E-state index contributed by atoms with van der Waals surface area (Å²) in [6, 6.07) is 0.0564. The Morgan fingerprint density at radius 2 is 1.94 bits per heavy atom. The molecule has 0 aromatic heterocycles. The van der Waals surface area contributed by atoms with Gasteiger partial charge in [0.1, 0.15) is 5.60 Å². The van der Waals surface area contributed by atoms with Crippen LogP contribution in [-0.4, -0.2) is 40.3 Å². The first kappa shape index (κ1) is 13.2. The van der Waals surface area contributed by atoms with Gasteiger partial charge in [0, 0.05) is 12.6 Å². The molecule has 1 N–H and O–H groups in total. The van der Waals surface area contributed by atoms with E-state index < -0.39 is 11.6 Å². The maximum absolute atomic E-state index is 12.0. The van der Waals surface area contributed by atoms with Crippen molar-refractivity contribution in [3.8, 4) is 0 Å². The highest BCUT2D eigenvalue weighted by Crippen LogP contribution is 2.41. The second kappa shape index (κ2) is 4.44. The highest BCUT2D eigenvalue weighted by molar-refractivity contribution is 5.72. The first-order valence-corrected chi connectivity index (χ1v) is 6.50. The van der Waals surface area contributed by atoms with Gasteiger partial charge in [-0.2, -0.15) is 0 Å². The predicted molar refractivity (Wildman–Crippen MR) is 65.2 cm³/mol. The van der Waals surface area contributed by atoms with Crippen LogP contribution in [-0.2, 0) is 9.53 Å². The highest BCUT2D eigenvalue weighted by atomic mass is 16.6. The van der Waals surface area contributed by atoms with E-state index >= 15 is 0 Å². The number of carbonyl (C=O) groups is 2. The van der Waals surface area contributed by atoms with Crippen molar-refractivity contribution in [2.45, 2.75) is 51.7 Å². The van der Waals surface area contributed by atoms with Gasteiger partial charge in [0.05, 0.1) is 5.92 Å². The molecule has 5 heteroatoms. The summed E-state index contributed by atoms with van der Waals surface area (Å²) in [7, 11) is 0. The molecule has 18 heavy (non-hydrogen) atoms. The molecule has 2 rings (SSSR count). The Balaban J connectivity index is 2.00. The molecule has 0 aromatic rings. The molecule has 1 saturated carbocycles. The number of carboxylic acid groups (broad SMARTS) is 1. The molecular weight excluding hydrogens is 234 g/mol. The van der Waals surface area contributed by atoms with Gasteiger partial charge in [-0.15, -0.1) is 0 Å². The molecule has 0 bridgehead atoms. The lowest BCUT2D eigenvalue weighted by Crippen LogP contribution is -2.40. The number of fused-ring (bicyclic) bond motifs is 1. The Hall–Kier alpha value is -1.26. The van der Waals surface area contributed by atoms with Gasteiger partial charge in [-0.1, -0.05) is 0 Å². The largest absolute Gasteiger partial charge is 0.481 e. The minimum atomic E-state index is -0.742. The van der Waals surface area contributed by atoms with E-state index in [0.29, 0.717) is 25.3 Å². The molecule has 5 nitrogen and oxygen atoms in total. The SMILES string of the molecule is CC(C)(C)OC(=O)N1CC[C@@H]2C[C@H](C(=O)O)C[C@@H]21. The van der Waals surface area contributed by atoms with E-state index in [2.05, 4.69) is 0 Å². The number of hydrogen-bond acceptors (Lipinski definition) is 3. The average molecular weight is 255 g/mol. The molecule has 2 aliphatic rings. The van der Waals surface area contributed by atoms with Crippen LogP contribution in [0.3, 0.4) is 0 Å². The summed E-state index contributed by atoms with van der Waals surface area (Å²) in [6.07, 6.45) is 1.85. The van der Waals surface area contributed by atoms with Crippen molar-refractivity contribution in [1.29, 1.82) is 0 Å². The number of likely N-dealkylation sites (tertiary alicyclic amines) is 1. The zero-order valence-corrected chi connectivity index (χ0v) is 11.2. The first-order chi connectivity index (χ1) is 8.28. The maximum Gasteiger partial charge on any atom is 0.410 e. The molecule has 1 heterocycles. The Morgan fingerprint density at radius 3 is 2.50 bits per heavy atom. The standard InChI is InChI=1S/C13H21NO4/c1-13(2,3)18-12(17)14-5-4-8-6-9(11(15)16)7-10(8)14/h8-10H,4-7H2,1-3H3,(H,15,16)/t8-,9+,10+/m1/s1. The Kier molecular flexibility index (Phi) is 3.25. The first-order valence-electron chi connectivity index (χ1n) is 6.50. The number of amides is 1. The van der Waals surface area contributed by atoms with Gasteiger partial charge in [0.25, 0.3) is 0 Å². The number of aliphatic carboxylic acids is 1. The fourth-order valence-electron chi connectivity index (χ4n) is 3.01. The molecule has 0 spiro atoms. The highest BCUT2D eigenvalue weighted by Gasteiger charge is 2.47. The van der Waals surface area contributed by atoms with Crippen molar-refractivity contribution in [3.63, 3.8) is 0 Å². The van der Waals surface area contributed by atoms with Crippen molar-refractivity contribution < 1.29 is 19.4 Å². The molecule has 2 fully saturated rings. The lowest BCUT2D eigenvalue weighted by atomic mass is 10.0. The van der Waals surface area contributed by atoms with Crippen LogP contribution in [0.15, 0.2) is 0 Å². The number of hydrogen-bond donors (Lipinski definition) is 1. The van der Waals surface area contributed by atoms with E-state index in [-0.39, 0.29) is 18.1 Å². The average Bonchev–Trinajstić information content (AvgIpc) is 2.71. The summed E-state index contributed by atoms with van der Waals surface area (Å²) in [5, 5.41) is 9.05. The van der Waals surface area contributed by atoms with Gasteiger partial charge < -0.3 is 14.7 Å². The zero-order valence-electron chi connectivity index (χ0n) is 11.2. The zero-order chi connectivity index (χ0) is 13.5. The molecule has 0 unspecified atom stereocenters. The van der Waals surface area contributed by atoms with Crippen LogP contribution in [0.25, 0.3) is 0 Å². The quantitative estimate of drug-likeness (QED) is 0.779. The number of carbonyl (C=O) groups excluding carboxylic acids is 1. The number of carboxylic acids is 1. The topological polar surface area (TPSA) is 66.8 Å². The summed E-state index contributed by atoms with van der Waals surface area (Å²) in [4.78, 5) is 24.8. The van der Waals surface area contributed by atoms with E-state index in [0.717, 1.165) is 6.42 Å². The molecule has 0 aromatic carbocycles. The summed E-state index contributed by atoms with van der Waals surface area (Å²) in [6.45, 7) is 6.21. The van der Waals surface area contributed by atoms with Gasteiger partial charge in [-0.3, -0.25) is 4.79 Å². The fraction of sp³-hybridized carbons (Fsp3) is 0.846. The van der Waals surface area contributed by atoms with E-state index in [1.54, 1.807) is 4.90 Å².